The van der Waals surface area contributed by atoms with Crippen LogP contribution in [0.3, 0.4) is 0 Å². The van der Waals surface area contributed by atoms with E-state index in [1.54, 1.807) is 0 Å². The average molecular weight is 400 g/mol. The van der Waals surface area contributed by atoms with Gasteiger partial charge in [-0.25, -0.2) is 0 Å². The van der Waals surface area contributed by atoms with Crippen LogP contribution in [0.1, 0.15) is 36.0 Å². The molecular formula is C27H29NO2. The van der Waals surface area contributed by atoms with Crippen LogP contribution in [-0.4, -0.2) is 35.6 Å². The lowest BCUT2D eigenvalue weighted by atomic mass is 9.67. The molecular weight excluding hydrogens is 370 g/mol. The molecule has 3 aromatic carbocycles. The first kappa shape index (κ1) is 20.4. The van der Waals surface area contributed by atoms with E-state index in [0.29, 0.717) is 0 Å². The number of carboxylic acids is 1. The zero-order valence-corrected chi connectivity index (χ0v) is 17.3. The molecule has 0 atom stereocenters. The number of benzene rings is 3. The van der Waals surface area contributed by atoms with Crippen LogP contribution in [0.2, 0.25) is 0 Å². The van der Waals surface area contributed by atoms with Gasteiger partial charge in [0.1, 0.15) is 0 Å². The Labute approximate surface area is 179 Å². The molecule has 1 heterocycles. The predicted molar refractivity (Wildman–Crippen MR) is 121 cm³/mol. The Kier molecular flexibility index (Phi) is 6.29. The van der Waals surface area contributed by atoms with Gasteiger partial charge in [-0.3, -0.25) is 4.79 Å². The van der Waals surface area contributed by atoms with Gasteiger partial charge in [0.15, 0.2) is 0 Å². The molecule has 0 aromatic heterocycles. The molecule has 30 heavy (non-hydrogen) atoms. The van der Waals surface area contributed by atoms with Crippen LogP contribution in [0.15, 0.2) is 91.0 Å². The average Bonchev–Trinajstić information content (AvgIpc) is 2.82. The zero-order chi connectivity index (χ0) is 20.8. The highest BCUT2D eigenvalue weighted by Gasteiger charge is 2.36. The molecule has 0 amide bonds. The summed E-state index contributed by atoms with van der Waals surface area (Å²) in [5.41, 5.74) is 3.64. The molecule has 3 nitrogen and oxygen atoms in total. The van der Waals surface area contributed by atoms with E-state index in [1.807, 2.05) is 0 Å². The first-order valence-corrected chi connectivity index (χ1v) is 10.8. The molecule has 0 unspecified atom stereocenters. The molecule has 0 spiro atoms. The van der Waals surface area contributed by atoms with Crippen molar-refractivity contribution in [2.75, 3.05) is 19.6 Å². The number of piperidine rings is 1. The van der Waals surface area contributed by atoms with E-state index in [0.717, 1.165) is 38.9 Å². The van der Waals surface area contributed by atoms with Gasteiger partial charge >= 0.3 is 5.97 Å². The Morgan fingerprint density at radius 3 is 1.53 bits per heavy atom. The highest BCUT2D eigenvalue weighted by molar-refractivity contribution is 5.70. The topological polar surface area (TPSA) is 40.5 Å². The second kappa shape index (κ2) is 9.27. The molecule has 0 bridgehead atoms. The van der Waals surface area contributed by atoms with Crippen LogP contribution < -0.4 is 0 Å². The van der Waals surface area contributed by atoms with Crippen LogP contribution in [0.4, 0.5) is 0 Å². The zero-order valence-electron chi connectivity index (χ0n) is 17.3. The SMILES string of the molecule is O=C(O)C1CCN(CCC(c2ccccc2)(c2ccccc2)c2ccccc2)CC1. The highest BCUT2D eigenvalue weighted by atomic mass is 16.4. The fourth-order valence-electron chi connectivity index (χ4n) is 4.83. The summed E-state index contributed by atoms with van der Waals surface area (Å²) in [7, 11) is 0. The molecule has 1 aliphatic heterocycles. The van der Waals surface area contributed by atoms with Crippen LogP contribution in [-0.2, 0) is 10.2 Å². The van der Waals surface area contributed by atoms with Crippen molar-refractivity contribution in [2.24, 2.45) is 5.92 Å². The van der Waals surface area contributed by atoms with Gasteiger partial charge in [0.2, 0.25) is 0 Å². The largest absolute Gasteiger partial charge is 0.481 e. The summed E-state index contributed by atoms with van der Waals surface area (Å²) < 4.78 is 0. The predicted octanol–water partition coefficient (Wildman–Crippen LogP) is 5.21. The molecule has 154 valence electrons. The summed E-state index contributed by atoms with van der Waals surface area (Å²) in [6, 6.07) is 32.3. The minimum absolute atomic E-state index is 0.191. The van der Waals surface area contributed by atoms with E-state index in [-0.39, 0.29) is 11.3 Å². The van der Waals surface area contributed by atoms with Gasteiger partial charge in [0.05, 0.1) is 5.92 Å². The van der Waals surface area contributed by atoms with Crippen LogP contribution in [0, 0.1) is 5.92 Å². The monoisotopic (exact) mass is 399 g/mol. The lowest BCUT2D eigenvalue weighted by molar-refractivity contribution is -0.143. The standard InChI is InChI=1S/C27H29NO2/c29-26(30)22-16-19-28(20-17-22)21-18-27(23-10-4-1-5-11-23,24-12-6-2-7-13-24)25-14-8-3-9-15-25/h1-15,22H,16-21H2,(H,29,30). The Hall–Kier alpha value is -2.91. The van der Waals surface area contributed by atoms with Gasteiger partial charge in [0.25, 0.3) is 0 Å². The Balaban J connectivity index is 1.70. The molecule has 4 rings (SSSR count). The van der Waals surface area contributed by atoms with Gasteiger partial charge in [-0.15, -0.1) is 0 Å². The molecule has 3 aromatic rings. The quantitative estimate of drug-likeness (QED) is 0.555. The van der Waals surface area contributed by atoms with Crippen LogP contribution in [0.5, 0.6) is 0 Å². The maximum Gasteiger partial charge on any atom is 0.306 e. The number of nitrogens with zero attached hydrogens (tertiary/aromatic N) is 1. The molecule has 1 saturated heterocycles. The van der Waals surface area contributed by atoms with Crippen molar-refractivity contribution in [3.8, 4) is 0 Å². The van der Waals surface area contributed by atoms with E-state index in [9.17, 15) is 9.90 Å². The van der Waals surface area contributed by atoms with Crippen molar-refractivity contribution in [1.82, 2.24) is 4.90 Å². The maximum absolute atomic E-state index is 11.3. The molecule has 0 saturated carbocycles. The van der Waals surface area contributed by atoms with Crippen molar-refractivity contribution in [2.45, 2.75) is 24.7 Å². The molecule has 1 aliphatic rings. The lowest BCUT2D eigenvalue weighted by Gasteiger charge is -2.39. The van der Waals surface area contributed by atoms with Gasteiger partial charge in [-0.2, -0.15) is 0 Å². The molecule has 1 N–H and O–H groups in total. The Morgan fingerprint density at radius 2 is 1.17 bits per heavy atom. The van der Waals surface area contributed by atoms with Gasteiger partial charge in [-0.05, 0) is 55.6 Å². The van der Waals surface area contributed by atoms with Gasteiger partial charge in [-0.1, -0.05) is 91.0 Å². The summed E-state index contributed by atoms with van der Waals surface area (Å²) in [5.74, 6) is -0.842. The van der Waals surface area contributed by atoms with E-state index in [1.165, 1.54) is 16.7 Å². The van der Waals surface area contributed by atoms with Gasteiger partial charge in [0, 0.05) is 5.41 Å². The summed E-state index contributed by atoms with van der Waals surface area (Å²) in [6.45, 7) is 2.64. The number of carboxylic acid groups (broad SMARTS) is 1. The van der Waals surface area contributed by atoms with Crippen LogP contribution in [0.25, 0.3) is 0 Å². The van der Waals surface area contributed by atoms with Crippen molar-refractivity contribution in [3.63, 3.8) is 0 Å². The highest BCUT2D eigenvalue weighted by Crippen LogP contribution is 2.42. The molecule has 0 radical (unpaired) electrons. The smallest absolute Gasteiger partial charge is 0.306 e. The third-order valence-electron chi connectivity index (χ3n) is 6.54. The number of aliphatic carboxylic acids is 1. The summed E-state index contributed by atoms with van der Waals surface area (Å²) >= 11 is 0. The number of carbonyl (C=O) groups is 1. The maximum atomic E-state index is 11.3. The lowest BCUT2D eigenvalue weighted by Crippen LogP contribution is -2.40. The first-order valence-electron chi connectivity index (χ1n) is 10.8. The third kappa shape index (κ3) is 4.17. The summed E-state index contributed by atoms with van der Waals surface area (Å²) in [6.07, 6.45) is 2.43. The number of rotatable bonds is 7. The van der Waals surface area contributed by atoms with Gasteiger partial charge < -0.3 is 10.0 Å². The molecule has 3 heteroatoms. The van der Waals surface area contributed by atoms with E-state index in [2.05, 4.69) is 95.9 Å². The van der Waals surface area contributed by atoms with Crippen molar-refractivity contribution in [1.29, 1.82) is 0 Å². The second-order valence-electron chi connectivity index (χ2n) is 8.21. The van der Waals surface area contributed by atoms with Crippen LogP contribution >= 0.6 is 0 Å². The second-order valence-corrected chi connectivity index (χ2v) is 8.21. The normalized spacial score (nSPS) is 15.7. The molecule has 1 fully saturated rings. The summed E-state index contributed by atoms with van der Waals surface area (Å²) in [5, 5.41) is 9.31. The van der Waals surface area contributed by atoms with Crippen molar-refractivity contribution >= 4 is 5.97 Å². The van der Waals surface area contributed by atoms with E-state index >= 15 is 0 Å². The van der Waals surface area contributed by atoms with Crippen molar-refractivity contribution in [3.05, 3.63) is 108 Å². The minimum atomic E-state index is -0.651. The summed E-state index contributed by atoms with van der Waals surface area (Å²) in [4.78, 5) is 13.7. The number of hydrogen-bond acceptors (Lipinski definition) is 2. The fraction of sp³-hybridized carbons (Fsp3) is 0.296. The van der Waals surface area contributed by atoms with Crippen molar-refractivity contribution < 1.29 is 9.90 Å². The minimum Gasteiger partial charge on any atom is -0.481 e. The third-order valence-corrected chi connectivity index (χ3v) is 6.54. The van der Waals surface area contributed by atoms with E-state index in [4.69, 9.17) is 0 Å². The fourth-order valence-corrected chi connectivity index (χ4v) is 4.83. The first-order chi connectivity index (χ1) is 14.7. The number of likely N-dealkylation sites (tertiary alicyclic amines) is 1. The molecule has 0 aliphatic carbocycles. The Morgan fingerprint density at radius 1 is 0.767 bits per heavy atom. The Bertz CT molecular complexity index is 836. The number of hydrogen-bond donors (Lipinski definition) is 1. The van der Waals surface area contributed by atoms with E-state index < -0.39 is 5.97 Å².